The number of piperazine rings is 1. The summed E-state index contributed by atoms with van der Waals surface area (Å²) in [4.78, 5) is 85.9. The van der Waals surface area contributed by atoms with E-state index in [1.807, 2.05) is 85.9 Å². The molecule has 0 aromatic heterocycles. The molecule has 454 valence electrons. The lowest BCUT2D eigenvalue weighted by atomic mass is 9.95. The summed E-state index contributed by atoms with van der Waals surface area (Å²) >= 11 is 13.3. The van der Waals surface area contributed by atoms with Crippen LogP contribution in [0.2, 0.25) is 0 Å². The highest BCUT2D eigenvalue weighted by molar-refractivity contribution is 6.19. The SMILES string of the molecule is CC(C)[C@H](CN[C@H](CCCNC(N)=O)CNc1ccc(COc2cc3c(c4ccccc24)[C@H](CCl)CN3C(=O)CCCC(=O)N2C[C@@H](CCl)c3c2cc(OC(=O)N2CCN(C)CC2)c2ccccc32)cc1)NCCCCCCN1C(=O)C=CC1=O. The van der Waals surface area contributed by atoms with Crippen LogP contribution in [0.3, 0.4) is 0 Å². The number of nitrogens with zero attached hydrogens (tertiary/aromatic N) is 5. The summed E-state index contributed by atoms with van der Waals surface area (Å²) < 4.78 is 12.7. The summed E-state index contributed by atoms with van der Waals surface area (Å²) in [5, 5.41) is 17.4. The van der Waals surface area contributed by atoms with Gasteiger partial charge in [0.25, 0.3) is 11.8 Å². The Hall–Kier alpha value is -6.96. The van der Waals surface area contributed by atoms with Crippen molar-refractivity contribution in [2.24, 2.45) is 11.7 Å². The van der Waals surface area contributed by atoms with Crippen LogP contribution in [0, 0.1) is 5.92 Å². The highest BCUT2D eigenvalue weighted by Gasteiger charge is 2.37. The summed E-state index contributed by atoms with van der Waals surface area (Å²) in [6.07, 6.45) is 8.15. The third-order valence-electron chi connectivity index (χ3n) is 16.9. The molecular weight excluding hydrogens is 1120 g/mol. The van der Waals surface area contributed by atoms with Crippen LogP contribution in [0.4, 0.5) is 26.7 Å². The molecule has 4 aliphatic rings. The molecule has 4 aliphatic heterocycles. The molecule has 0 aliphatic carbocycles. The largest absolute Gasteiger partial charge is 0.488 e. The van der Waals surface area contributed by atoms with Crippen molar-refractivity contribution in [1.29, 1.82) is 0 Å². The summed E-state index contributed by atoms with van der Waals surface area (Å²) in [6, 6.07) is 27.6. The minimum Gasteiger partial charge on any atom is -0.488 e. The van der Waals surface area contributed by atoms with E-state index in [-0.39, 0.29) is 67.0 Å². The van der Waals surface area contributed by atoms with Gasteiger partial charge in [-0.2, -0.15) is 0 Å². The first-order chi connectivity index (χ1) is 41.2. The predicted octanol–water partition coefficient (Wildman–Crippen LogP) is 9.44. The fraction of sp³-hybridized carbons (Fsp3) is 0.477. The monoisotopic (exact) mass is 1200 g/mol. The van der Waals surface area contributed by atoms with Gasteiger partial charge in [0.2, 0.25) is 11.8 Å². The lowest BCUT2D eigenvalue weighted by molar-refractivity contribution is -0.137. The average Bonchev–Trinajstić information content (AvgIpc) is 1.84. The molecule has 9 rings (SSSR count). The number of carbonyl (C=O) groups excluding carboxylic acids is 6. The molecule has 1 saturated heterocycles. The van der Waals surface area contributed by atoms with Gasteiger partial charge in [-0.25, -0.2) is 9.59 Å². The number of carbonyl (C=O) groups is 6. The van der Waals surface area contributed by atoms with E-state index in [1.54, 1.807) is 14.7 Å². The fourth-order valence-corrected chi connectivity index (χ4v) is 12.5. The van der Waals surface area contributed by atoms with Gasteiger partial charge < -0.3 is 56.1 Å². The van der Waals surface area contributed by atoms with Gasteiger partial charge >= 0.3 is 12.1 Å². The van der Waals surface area contributed by atoms with Crippen molar-refractivity contribution >= 4 is 97.6 Å². The number of ether oxygens (including phenoxy) is 2. The van der Waals surface area contributed by atoms with Crippen molar-refractivity contribution in [3.05, 3.63) is 114 Å². The first kappa shape index (κ1) is 62.6. The number of nitrogens with two attached hydrogens (primary N) is 1. The van der Waals surface area contributed by atoms with E-state index in [1.165, 1.54) is 17.1 Å². The Kier molecular flexibility index (Phi) is 22.0. The summed E-state index contributed by atoms with van der Waals surface area (Å²) in [7, 11) is 2.03. The van der Waals surface area contributed by atoms with Crippen molar-refractivity contribution in [1.82, 2.24) is 30.7 Å². The number of urea groups is 1. The van der Waals surface area contributed by atoms with Gasteiger partial charge in [0.15, 0.2) is 0 Å². The minimum atomic E-state index is -0.536. The predicted molar refractivity (Wildman–Crippen MR) is 337 cm³/mol. The molecule has 7 amide bonds. The number of benzene rings is 5. The number of anilines is 3. The first-order valence-corrected chi connectivity index (χ1v) is 31.3. The quantitative estimate of drug-likeness (QED) is 0.0172. The van der Waals surface area contributed by atoms with Gasteiger partial charge in [-0.05, 0) is 91.2 Å². The number of amides is 7. The zero-order chi connectivity index (χ0) is 60.0. The van der Waals surface area contributed by atoms with Crippen LogP contribution < -0.4 is 46.3 Å². The molecule has 4 atom stereocenters. The number of rotatable bonds is 29. The van der Waals surface area contributed by atoms with Gasteiger partial charge in [-0.1, -0.05) is 87.4 Å². The molecule has 6 N–H and O–H groups in total. The summed E-state index contributed by atoms with van der Waals surface area (Å²) in [6.45, 7) is 11.4. The zero-order valence-electron chi connectivity index (χ0n) is 49.2. The van der Waals surface area contributed by atoms with Crippen LogP contribution in [0.5, 0.6) is 11.5 Å². The number of hydrogen-bond acceptors (Lipinski definition) is 12. The van der Waals surface area contributed by atoms with Crippen LogP contribution in [0.1, 0.15) is 100 Å². The van der Waals surface area contributed by atoms with Crippen molar-refractivity contribution in [3.8, 4) is 11.5 Å². The molecule has 0 bridgehead atoms. The molecule has 20 heteroatoms. The summed E-state index contributed by atoms with van der Waals surface area (Å²) in [5.41, 5.74) is 10.7. The highest BCUT2D eigenvalue weighted by Crippen LogP contribution is 2.48. The second-order valence-electron chi connectivity index (χ2n) is 23.2. The number of nitrogens with one attached hydrogen (secondary N) is 4. The van der Waals surface area contributed by atoms with Gasteiger partial charge in [0, 0.05) is 155 Å². The lowest BCUT2D eigenvalue weighted by Crippen LogP contribution is -2.48. The molecule has 0 radical (unpaired) electrons. The van der Waals surface area contributed by atoms with E-state index in [9.17, 15) is 28.8 Å². The highest BCUT2D eigenvalue weighted by atomic mass is 35.5. The van der Waals surface area contributed by atoms with E-state index < -0.39 is 12.1 Å². The average molecular weight is 1200 g/mol. The van der Waals surface area contributed by atoms with E-state index in [0.717, 1.165) is 114 Å². The van der Waals surface area contributed by atoms with Gasteiger partial charge in [0.1, 0.15) is 18.1 Å². The van der Waals surface area contributed by atoms with Crippen LogP contribution in [0.15, 0.2) is 97.1 Å². The third kappa shape index (κ3) is 15.7. The van der Waals surface area contributed by atoms with Gasteiger partial charge in [-0.15, -0.1) is 23.2 Å². The number of primary amides is 1. The number of likely N-dealkylation sites (N-methyl/N-ethyl adjacent to an activating group) is 1. The second-order valence-corrected chi connectivity index (χ2v) is 23.8. The van der Waals surface area contributed by atoms with E-state index in [2.05, 4.69) is 46.1 Å². The number of hydrogen-bond donors (Lipinski definition) is 5. The molecule has 0 saturated carbocycles. The number of halogens is 2. The Morgan fingerprint density at radius 1 is 0.671 bits per heavy atom. The Labute approximate surface area is 509 Å². The Morgan fingerprint density at radius 3 is 1.84 bits per heavy atom. The number of fused-ring (bicyclic) bond motifs is 6. The van der Waals surface area contributed by atoms with Gasteiger partial charge in [-0.3, -0.25) is 24.1 Å². The molecule has 18 nitrogen and oxygen atoms in total. The summed E-state index contributed by atoms with van der Waals surface area (Å²) in [5.74, 6) is 1.17. The Balaban J connectivity index is 0.795. The van der Waals surface area contributed by atoms with Crippen molar-refractivity contribution in [2.75, 3.05) is 106 Å². The van der Waals surface area contributed by atoms with Crippen LogP contribution in [-0.4, -0.2) is 153 Å². The smallest absolute Gasteiger partial charge is 0.415 e. The fourth-order valence-electron chi connectivity index (χ4n) is 12.0. The van der Waals surface area contributed by atoms with E-state index >= 15 is 0 Å². The first-order valence-electron chi connectivity index (χ1n) is 30.2. The molecule has 5 aromatic carbocycles. The Morgan fingerprint density at radius 2 is 1.25 bits per heavy atom. The van der Waals surface area contributed by atoms with Crippen molar-refractivity contribution in [2.45, 2.75) is 102 Å². The molecule has 85 heavy (non-hydrogen) atoms. The number of alkyl halides is 2. The topological polar surface area (TPSA) is 211 Å². The molecular formula is C65H82Cl2N10O8. The van der Waals surface area contributed by atoms with Crippen LogP contribution >= 0.6 is 23.2 Å². The Bertz CT molecular complexity index is 3190. The maximum absolute atomic E-state index is 14.4. The molecule has 4 heterocycles. The van der Waals surface area contributed by atoms with Gasteiger partial charge in [0.05, 0.1) is 11.4 Å². The van der Waals surface area contributed by atoms with Crippen LogP contribution in [-0.2, 0) is 25.8 Å². The molecule has 0 unspecified atom stereocenters. The van der Waals surface area contributed by atoms with Crippen molar-refractivity contribution in [3.63, 3.8) is 0 Å². The van der Waals surface area contributed by atoms with E-state index in [0.29, 0.717) is 87.1 Å². The zero-order valence-corrected chi connectivity index (χ0v) is 50.7. The lowest BCUT2D eigenvalue weighted by Gasteiger charge is -2.31. The molecule has 1 fully saturated rings. The van der Waals surface area contributed by atoms with Crippen LogP contribution in [0.25, 0.3) is 21.5 Å². The normalized spacial score (nSPS) is 17.5. The van der Waals surface area contributed by atoms with Crippen molar-refractivity contribution < 1.29 is 38.2 Å². The molecule has 5 aromatic rings. The number of imide groups is 1. The minimum absolute atomic E-state index is 0.0978. The third-order valence-corrected chi connectivity index (χ3v) is 17.7. The maximum Gasteiger partial charge on any atom is 0.415 e. The second kappa shape index (κ2) is 29.9. The number of unbranched alkanes of at least 4 members (excludes halogenated alkanes) is 3. The standard InChI is InChI=1S/C65H82Cl2N10O8/c1-43(2)53(69-27-10-4-5-11-29-75-60(80)25-26-61(75)81)39-72-48(14-13-28-70-64(68)82)38-71-47-23-21-44(22-24-47)42-84-56-34-54-62(51-17-8-6-15-49(51)56)45(36-66)40-76(54)58(78)19-12-20-59(79)77-41-46(37-67)63-52-18-9-7-16-50(52)57(35-55(63)77)85-65(83)74-32-30-73(3)31-33-74/h6-9,15-18,21-26,34-35,43,45-46,48,53,69,71-72H,4-5,10-14,19-20,27-33,36-42H2,1-3H3,(H3,68,70,82)/t45-,46-,48-,53+/m1/s1. The van der Waals surface area contributed by atoms with E-state index in [4.69, 9.17) is 38.4 Å². The maximum atomic E-state index is 14.4. The molecule has 0 spiro atoms.